The van der Waals surface area contributed by atoms with Crippen LogP contribution in [0.25, 0.3) is 0 Å². The highest BCUT2D eigenvalue weighted by atomic mass is 16.6. The molecule has 1 atom stereocenters. The molecular weight excluding hydrogens is 208 g/mol. The SMILES string of the molecule is C=CC(N)N=C(N)c1cccc([N+](=O)[O-])c1. The molecule has 0 spiro atoms. The van der Waals surface area contributed by atoms with Crippen LogP contribution in [-0.2, 0) is 0 Å². The summed E-state index contributed by atoms with van der Waals surface area (Å²) in [5, 5.41) is 10.5. The third-order valence-electron chi connectivity index (χ3n) is 1.88. The van der Waals surface area contributed by atoms with Gasteiger partial charge in [-0.1, -0.05) is 24.8 Å². The lowest BCUT2D eigenvalue weighted by Gasteiger charge is -2.03. The number of benzene rings is 1. The Morgan fingerprint density at radius 1 is 1.62 bits per heavy atom. The fraction of sp³-hybridized carbons (Fsp3) is 0.100. The summed E-state index contributed by atoms with van der Waals surface area (Å²) in [7, 11) is 0. The summed E-state index contributed by atoms with van der Waals surface area (Å²) in [6, 6.07) is 5.88. The average Bonchev–Trinajstić information content (AvgIpc) is 2.28. The first-order valence-electron chi connectivity index (χ1n) is 4.51. The highest BCUT2D eigenvalue weighted by molar-refractivity contribution is 5.98. The van der Waals surface area contributed by atoms with Crippen molar-refractivity contribution in [3.05, 3.63) is 52.6 Å². The number of non-ortho nitro benzene ring substituents is 1. The lowest BCUT2D eigenvalue weighted by atomic mass is 10.2. The standard InChI is InChI=1S/C10H12N4O2/c1-2-9(11)13-10(12)7-4-3-5-8(6-7)14(15)16/h2-6,9H,1,11H2,(H2,12,13). The molecule has 4 N–H and O–H groups in total. The molecule has 0 fully saturated rings. The number of hydrogen-bond acceptors (Lipinski definition) is 4. The van der Waals surface area contributed by atoms with E-state index in [1.807, 2.05) is 0 Å². The topological polar surface area (TPSA) is 108 Å². The molecule has 0 heterocycles. The van der Waals surface area contributed by atoms with Crippen molar-refractivity contribution in [2.75, 3.05) is 0 Å². The highest BCUT2D eigenvalue weighted by Gasteiger charge is 2.08. The predicted molar refractivity (Wildman–Crippen MR) is 62.0 cm³/mol. The van der Waals surface area contributed by atoms with Crippen molar-refractivity contribution in [1.82, 2.24) is 0 Å². The fourth-order valence-corrected chi connectivity index (χ4v) is 1.07. The Bertz CT molecular complexity index is 442. The maximum atomic E-state index is 10.5. The van der Waals surface area contributed by atoms with Crippen molar-refractivity contribution in [3.63, 3.8) is 0 Å². The molecule has 0 aliphatic carbocycles. The van der Waals surface area contributed by atoms with Crippen molar-refractivity contribution >= 4 is 11.5 Å². The third kappa shape index (κ3) is 2.89. The van der Waals surface area contributed by atoms with Gasteiger partial charge < -0.3 is 11.5 Å². The van der Waals surface area contributed by atoms with Crippen molar-refractivity contribution in [2.24, 2.45) is 16.5 Å². The van der Waals surface area contributed by atoms with Gasteiger partial charge in [0.1, 0.15) is 12.0 Å². The van der Waals surface area contributed by atoms with Gasteiger partial charge in [0.05, 0.1) is 4.92 Å². The van der Waals surface area contributed by atoms with Crippen molar-refractivity contribution < 1.29 is 4.92 Å². The van der Waals surface area contributed by atoms with Crippen molar-refractivity contribution in [2.45, 2.75) is 6.17 Å². The molecule has 0 aliphatic rings. The zero-order chi connectivity index (χ0) is 12.1. The minimum Gasteiger partial charge on any atom is -0.383 e. The van der Waals surface area contributed by atoms with Gasteiger partial charge in [-0.3, -0.25) is 10.1 Å². The summed E-state index contributed by atoms with van der Waals surface area (Å²) in [4.78, 5) is 13.9. The smallest absolute Gasteiger partial charge is 0.270 e. The van der Waals surface area contributed by atoms with Crippen LogP contribution < -0.4 is 11.5 Å². The zero-order valence-corrected chi connectivity index (χ0v) is 8.54. The normalized spacial score (nSPS) is 13.2. The van der Waals surface area contributed by atoms with Crippen LogP contribution in [0.1, 0.15) is 5.56 Å². The molecule has 1 aromatic carbocycles. The Balaban J connectivity index is 3.04. The highest BCUT2D eigenvalue weighted by Crippen LogP contribution is 2.12. The molecular formula is C10H12N4O2. The molecule has 0 amide bonds. The minimum atomic E-state index is -0.612. The average molecular weight is 220 g/mol. The molecule has 1 rings (SSSR count). The van der Waals surface area contributed by atoms with E-state index in [1.165, 1.54) is 24.3 Å². The Morgan fingerprint density at radius 3 is 2.88 bits per heavy atom. The predicted octanol–water partition coefficient (Wildman–Crippen LogP) is 0.771. The number of amidine groups is 1. The summed E-state index contributed by atoms with van der Waals surface area (Å²) >= 11 is 0. The van der Waals surface area contributed by atoms with Gasteiger partial charge in [-0.05, 0) is 0 Å². The Kier molecular flexibility index (Phi) is 3.73. The Hall–Kier alpha value is -2.21. The molecule has 0 saturated heterocycles. The van der Waals surface area contributed by atoms with E-state index in [1.54, 1.807) is 6.07 Å². The monoisotopic (exact) mass is 220 g/mol. The summed E-state index contributed by atoms with van der Waals surface area (Å²) in [5.41, 5.74) is 11.6. The van der Waals surface area contributed by atoms with Crippen LogP contribution in [0, 0.1) is 10.1 Å². The lowest BCUT2D eigenvalue weighted by molar-refractivity contribution is -0.384. The molecule has 84 valence electrons. The van der Waals surface area contributed by atoms with Gasteiger partial charge in [0.25, 0.3) is 5.69 Å². The molecule has 0 saturated carbocycles. The summed E-state index contributed by atoms with van der Waals surface area (Å²) in [5.74, 6) is 0.149. The van der Waals surface area contributed by atoms with Crippen LogP contribution in [0.15, 0.2) is 41.9 Å². The maximum Gasteiger partial charge on any atom is 0.270 e. The minimum absolute atomic E-state index is 0.0391. The molecule has 16 heavy (non-hydrogen) atoms. The van der Waals surface area contributed by atoms with Gasteiger partial charge in [-0.2, -0.15) is 0 Å². The quantitative estimate of drug-likeness (QED) is 0.257. The van der Waals surface area contributed by atoms with Crippen LogP contribution in [0.4, 0.5) is 5.69 Å². The number of aliphatic imine (C=N–C) groups is 1. The molecule has 0 radical (unpaired) electrons. The van der Waals surface area contributed by atoms with E-state index in [0.717, 1.165) is 0 Å². The van der Waals surface area contributed by atoms with Crippen LogP contribution in [0.5, 0.6) is 0 Å². The molecule has 1 unspecified atom stereocenters. The largest absolute Gasteiger partial charge is 0.383 e. The molecule has 6 heteroatoms. The van der Waals surface area contributed by atoms with Crippen molar-refractivity contribution in [3.8, 4) is 0 Å². The second-order valence-electron chi connectivity index (χ2n) is 3.05. The Labute approximate surface area is 92.4 Å². The second-order valence-corrected chi connectivity index (χ2v) is 3.05. The number of nitro benzene ring substituents is 1. The summed E-state index contributed by atoms with van der Waals surface area (Å²) < 4.78 is 0. The van der Waals surface area contributed by atoms with Crippen LogP contribution in [0.2, 0.25) is 0 Å². The van der Waals surface area contributed by atoms with E-state index in [9.17, 15) is 10.1 Å². The van der Waals surface area contributed by atoms with Gasteiger partial charge in [0.2, 0.25) is 0 Å². The second kappa shape index (κ2) is 5.04. The van der Waals surface area contributed by atoms with Crippen LogP contribution in [-0.4, -0.2) is 16.9 Å². The van der Waals surface area contributed by atoms with Crippen molar-refractivity contribution in [1.29, 1.82) is 0 Å². The van der Waals surface area contributed by atoms with Gasteiger partial charge in [-0.15, -0.1) is 0 Å². The maximum absolute atomic E-state index is 10.5. The number of nitro groups is 1. The summed E-state index contributed by atoms with van der Waals surface area (Å²) in [6.07, 6.45) is 0.809. The number of nitrogens with two attached hydrogens (primary N) is 2. The molecule has 1 aromatic rings. The number of hydrogen-bond donors (Lipinski definition) is 2. The first-order valence-corrected chi connectivity index (χ1v) is 4.51. The molecule has 6 nitrogen and oxygen atoms in total. The lowest BCUT2D eigenvalue weighted by Crippen LogP contribution is -2.22. The van der Waals surface area contributed by atoms with Crippen LogP contribution in [0.3, 0.4) is 0 Å². The number of rotatable bonds is 4. The first-order chi connectivity index (χ1) is 7.54. The van der Waals surface area contributed by atoms with Crippen LogP contribution >= 0.6 is 0 Å². The Morgan fingerprint density at radius 2 is 2.31 bits per heavy atom. The van der Waals surface area contributed by atoms with E-state index in [2.05, 4.69) is 11.6 Å². The fourth-order valence-electron chi connectivity index (χ4n) is 1.07. The van der Waals surface area contributed by atoms with Gasteiger partial charge in [0.15, 0.2) is 0 Å². The van der Waals surface area contributed by atoms with Gasteiger partial charge >= 0.3 is 0 Å². The summed E-state index contributed by atoms with van der Waals surface area (Å²) in [6.45, 7) is 3.46. The van der Waals surface area contributed by atoms with E-state index >= 15 is 0 Å². The van der Waals surface area contributed by atoms with E-state index in [0.29, 0.717) is 5.56 Å². The third-order valence-corrected chi connectivity index (χ3v) is 1.88. The molecule has 0 aliphatic heterocycles. The van der Waals surface area contributed by atoms with Gasteiger partial charge in [-0.25, -0.2) is 4.99 Å². The number of nitrogens with zero attached hydrogens (tertiary/aromatic N) is 2. The zero-order valence-electron chi connectivity index (χ0n) is 8.54. The van der Waals surface area contributed by atoms with E-state index in [4.69, 9.17) is 11.5 Å². The van der Waals surface area contributed by atoms with Gasteiger partial charge in [0, 0.05) is 17.7 Å². The molecule has 0 bridgehead atoms. The van der Waals surface area contributed by atoms with E-state index in [-0.39, 0.29) is 11.5 Å². The first kappa shape index (κ1) is 11.9. The van der Waals surface area contributed by atoms with E-state index < -0.39 is 11.1 Å². The molecule has 0 aromatic heterocycles.